The standard InChI is InChI=1S/C14H14O5/c1-14(2)13(17)12(16)11-7-3-6-10(15)18-8(7)4-5-9(11)19-14/h3-6,12-13,16-17H,1-2H3/t12-,13-/m0/s1. The maximum atomic E-state index is 11.2. The fourth-order valence-corrected chi connectivity index (χ4v) is 2.43. The van der Waals surface area contributed by atoms with Gasteiger partial charge in [-0.2, -0.15) is 0 Å². The van der Waals surface area contributed by atoms with E-state index in [1.54, 1.807) is 32.0 Å². The SMILES string of the molecule is CC1(C)Oc2ccc3oc(=O)ccc3c2[C@H](O)[C@@H]1O. The summed E-state index contributed by atoms with van der Waals surface area (Å²) in [5.74, 6) is 0.490. The van der Waals surface area contributed by atoms with Gasteiger partial charge in [-0.25, -0.2) is 4.79 Å². The fraction of sp³-hybridized carbons (Fsp3) is 0.357. The van der Waals surface area contributed by atoms with E-state index < -0.39 is 23.4 Å². The van der Waals surface area contributed by atoms with E-state index >= 15 is 0 Å². The molecule has 0 fully saturated rings. The number of aliphatic hydroxyl groups excluding tert-OH is 2. The van der Waals surface area contributed by atoms with Gasteiger partial charge in [-0.05, 0) is 32.0 Å². The molecule has 1 aliphatic rings. The Bertz CT molecular complexity index is 701. The van der Waals surface area contributed by atoms with Crippen LogP contribution in [0.5, 0.6) is 5.75 Å². The van der Waals surface area contributed by atoms with E-state index in [2.05, 4.69) is 0 Å². The average Bonchev–Trinajstić information content (AvgIpc) is 2.35. The molecule has 0 saturated carbocycles. The highest BCUT2D eigenvalue weighted by Gasteiger charge is 2.43. The highest BCUT2D eigenvalue weighted by Crippen LogP contribution is 2.42. The highest BCUT2D eigenvalue weighted by atomic mass is 16.5. The molecule has 2 aromatic rings. The zero-order valence-corrected chi connectivity index (χ0v) is 10.6. The molecule has 100 valence electrons. The molecule has 0 bridgehead atoms. The van der Waals surface area contributed by atoms with Gasteiger partial charge in [-0.1, -0.05) is 0 Å². The summed E-state index contributed by atoms with van der Waals surface area (Å²) in [6.45, 7) is 3.41. The van der Waals surface area contributed by atoms with Crippen LogP contribution in [0.2, 0.25) is 0 Å². The number of rotatable bonds is 0. The Labute approximate surface area is 109 Å². The van der Waals surface area contributed by atoms with E-state index in [0.29, 0.717) is 22.3 Å². The molecule has 2 N–H and O–H groups in total. The Balaban J connectivity index is 2.31. The average molecular weight is 262 g/mol. The van der Waals surface area contributed by atoms with Gasteiger partial charge in [0.05, 0.1) is 0 Å². The van der Waals surface area contributed by atoms with E-state index in [4.69, 9.17) is 9.15 Å². The minimum absolute atomic E-state index is 0.362. The summed E-state index contributed by atoms with van der Waals surface area (Å²) in [4.78, 5) is 11.2. The molecule has 0 radical (unpaired) electrons. The quantitative estimate of drug-likeness (QED) is 0.701. The highest BCUT2D eigenvalue weighted by molar-refractivity contribution is 5.83. The third-order valence-electron chi connectivity index (χ3n) is 3.48. The van der Waals surface area contributed by atoms with Crippen LogP contribution in [0.1, 0.15) is 25.5 Å². The number of fused-ring (bicyclic) bond motifs is 3. The van der Waals surface area contributed by atoms with Crippen molar-refractivity contribution in [1.82, 2.24) is 0 Å². The summed E-state index contributed by atoms with van der Waals surface area (Å²) >= 11 is 0. The van der Waals surface area contributed by atoms with E-state index in [-0.39, 0.29) is 0 Å². The zero-order valence-electron chi connectivity index (χ0n) is 10.6. The van der Waals surface area contributed by atoms with Crippen LogP contribution in [0, 0.1) is 0 Å². The monoisotopic (exact) mass is 262 g/mol. The number of aliphatic hydroxyl groups is 2. The van der Waals surface area contributed by atoms with Crippen molar-refractivity contribution >= 4 is 11.0 Å². The van der Waals surface area contributed by atoms with Gasteiger partial charge in [-0.3, -0.25) is 0 Å². The molecule has 0 amide bonds. The summed E-state index contributed by atoms with van der Waals surface area (Å²) < 4.78 is 10.8. The molecule has 2 heterocycles. The van der Waals surface area contributed by atoms with E-state index in [1.807, 2.05) is 0 Å². The zero-order chi connectivity index (χ0) is 13.8. The third kappa shape index (κ3) is 1.74. The second kappa shape index (κ2) is 3.82. The van der Waals surface area contributed by atoms with Gasteiger partial charge in [0.2, 0.25) is 0 Å². The minimum atomic E-state index is -1.09. The molecular weight excluding hydrogens is 248 g/mol. The molecule has 2 atom stereocenters. The van der Waals surface area contributed by atoms with Crippen LogP contribution >= 0.6 is 0 Å². The molecule has 1 aromatic heterocycles. The van der Waals surface area contributed by atoms with Crippen molar-refractivity contribution in [2.45, 2.75) is 31.7 Å². The lowest BCUT2D eigenvalue weighted by molar-refractivity contribution is -0.111. The predicted octanol–water partition coefficient (Wildman–Crippen LogP) is 1.36. The Hall–Kier alpha value is -1.85. The second-order valence-electron chi connectivity index (χ2n) is 5.24. The van der Waals surface area contributed by atoms with Crippen LogP contribution < -0.4 is 10.4 Å². The first kappa shape index (κ1) is 12.2. The first-order chi connectivity index (χ1) is 8.90. The summed E-state index contributed by atoms with van der Waals surface area (Å²) in [5.41, 5.74) is -0.524. The summed E-state index contributed by atoms with van der Waals surface area (Å²) in [6, 6.07) is 6.10. The normalized spacial score (nSPS) is 24.8. The van der Waals surface area contributed by atoms with Crippen LogP contribution in [0.3, 0.4) is 0 Å². The van der Waals surface area contributed by atoms with Crippen LogP contribution in [0.15, 0.2) is 33.5 Å². The van der Waals surface area contributed by atoms with Crippen molar-refractivity contribution in [3.05, 3.63) is 40.2 Å². The topological polar surface area (TPSA) is 79.9 Å². The number of hydrogen-bond acceptors (Lipinski definition) is 5. The van der Waals surface area contributed by atoms with E-state index in [1.165, 1.54) is 6.07 Å². The first-order valence-corrected chi connectivity index (χ1v) is 6.02. The molecule has 1 aromatic carbocycles. The summed E-state index contributed by atoms with van der Waals surface area (Å²) in [6.07, 6.45) is -2.15. The van der Waals surface area contributed by atoms with Crippen LogP contribution in [-0.2, 0) is 0 Å². The molecule has 3 rings (SSSR count). The Morgan fingerprint density at radius 1 is 1.16 bits per heavy atom. The Morgan fingerprint density at radius 3 is 2.63 bits per heavy atom. The molecule has 0 unspecified atom stereocenters. The molecule has 0 spiro atoms. The van der Waals surface area contributed by atoms with Gasteiger partial charge in [0, 0.05) is 17.0 Å². The van der Waals surface area contributed by atoms with Crippen LogP contribution in [0.25, 0.3) is 11.0 Å². The number of hydrogen-bond donors (Lipinski definition) is 2. The lowest BCUT2D eigenvalue weighted by atomic mass is 9.87. The molecule has 5 heteroatoms. The van der Waals surface area contributed by atoms with Crippen molar-refractivity contribution in [2.75, 3.05) is 0 Å². The van der Waals surface area contributed by atoms with Gasteiger partial charge in [0.25, 0.3) is 0 Å². The first-order valence-electron chi connectivity index (χ1n) is 6.02. The van der Waals surface area contributed by atoms with Gasteiger partial charge in [0.15, 0.2) is 0 Å². The predicted molar refractivity (Wildman–Crippen MR) is 68.2 cm³/mol. The Kier molecular flexibility index (Phi) is 2.45. The van der Waals surface area contributed by atoms with Gasteiger partial charge in [-0.15, -0.1) is 0 Å². The van der Waals surface area contributed by atoms with Gasteiger partial charge in [0.1, 0.15) is 29.1 Å². The molecular formula is C14H14O5. The molecule has 1 aliphatic heterocycles. The maximum Gasteiger partial charge on any atom is 0.336 e. The summed E-state index contributed by atoms with van der Waals surface area (Å²) in [7, 11) is 0. The van der Waals surface area contributed by atoms with Crippen molar-refractivity contribution in [3.8, 4) is 5.75 Å². The van der Waals surface area contributed by atoms with Gasteiger partial charge >= 0.3 is 5.63 Å². The lowest BCUT2D eigenvalue weighted by Crippen LogP contribution is -2.48. The smallest absolute Gasteiger partial charge is 0.336 e. The lowest BCUT2D eigenvalue weighted by Gasteiger charge is -2.40. The van der Waals surface area contributed by atoms with E-state index in [0.717, 1.165) is 0 Å². The third-order valence-corrected chi connectivity index (χ3v) is 3.48. The van der Waals surface area contributed by atoms with Crippen LogP contribution in [0.4, 0.5) is 0 Å². The van der Waals surface area contributed by atoms with Crippen molar-refractivity contribution < 1.29 is 19.4 Å². The number of benzene rings is 1. The Morgan fingerprint density at radius 2 is 1.89 bits per heavy atom. The number of ether oxygens (including phenoxy) is 1. The minimum Gasteiger partial charge on any atom is -0.485 e. The fourth-order valence-electron chi connectivity index (χ4n) is 2.43. The largest absolute Gasteiger partial charge is 0.485 e. The van der Waals surface area contributed by atoms with Crippen molar-refractivity contribution in [1.29, 1.82) is 0 Å². The molecule has 0 aliphatic carbocycles. The van der Waals surface area contributed by atoms with E-state index in [9.17, 15) is 15.0 Å². The van der Waals surface area contributed by atoms with Gasteiger partial charge < -0.3 is 19.4 Å². The second-order valence-corrected chi connectivity index (χ2v) is 5.24. The van der Waals surface area contributed by atoms with Crippen LogP contribution in [-0.4, -0.2) is 21.9 Å². The van der Waals surface area contributed by atoms with Crippen molar-refractivity contribution in [3.63, 3.8) is 0 Å². The maximum absolute atomic E-state index is 11.2. The summed E-state index contributed by atoms with van der Waals surface area (Å²) in [5, 5.41) is 21.0. The van der Waals surface area contributed by atoms with Crippen molar-refractivity contribution in [2.24, 2.45) is 0 Å². The molecule has 0 saturated heterocycles. The molecule has 5 nitrogen and oxygen atoms in total. The molecule has 19 heavy (non-hydrogen) atoms.